The number of anilines is 1. The van der Waals surface area contributed by atoms with Crippen molar-refractivity contribution in [2.75, 3.05) is 17.1 Å². The van der Waals surface area contributed by atoms with Crippen molar-refractivity contribution in [1.29, 1.82) is 0 Å². The minimum Gasteiger partial charge on any atom is -0.345 e. The molecule has 3 rings (SSSR count). The lowest BCUT2D eigenvalue weighted by Gasteiger charge is -2.24. The molecule has 0 fully saturated rings. The number of sulfonamides is 1. The molecule has 0 aliphatic rings. The van der Waals surface area contributed by atoms with E-state index >= 15 is 0 Å². The molecule has 5 nitrogen and oxygen atoms in total. The van der Waals surface area contributed by atoms with Gasteiger partial charge in [-0.2, -0.15) is 0 Å². The van der Waals surface area contributed by atoms with Crippen LogP contribution in [-0.4, -0.2) is 27.1 Å². The molecule has 3 aromatic carbocycles. The minimum absolute atomic E-state index is 0.110. The lowest BCUT2D eigenvalue weighted by atomic mass is 9.95. The van der Waals surface area contributed by atoms with Crippen molar-refractivity contribution in [3.05, 3.63) is 101 Å². The summed E-state index contributed by atoms with van der Waals surface area (Å²) in [6, 6.07) is 23.4. The van der Waals surface area contributed by atoms with Crippen molar-refractivity contribution >= 4 is 21.6 Å². The maximum atomic E-state index is 12.9. The number of hydrogen-bond donors (Lipinski definition) is 1. The summed E-state index contributed by atoms with van der Waals surface area (Å²) >= 11 is 0. The number of carbonyl (C=O) groups excluding carboxylic acids is 1. The second kappa shape index (κ2) is 10.7. The van der Waals surface area contributed by atoms with Crippen molar-refractivity contribution in [3.8, 4) is 0 Å². The second-order valence-corrected chi connectivity index (χ2v) is 10.5. The molecule has 0 spiro atoms. The highest BCUT2D eigenvalue weighted by molar-refractivity contribution is 7.92. The van der Waals surface area contributed by atoms with Crippen molar-refractivity contribution in [2.24, 2.45) is 0 Å². The van der Waals surface area contributed by atoms with Crippen LogP contribution in [0, 0.1) is 20.8 Å². The number of hydrogen-bond acceptors (Lipinski definition) is 3. The zero-order valence-electron chi connectivity index (χ0n) is 19.7. The molecule has 1 amide bonds. The third kappa shape index (κ3) is 6.68. The Balaban J connectivity index is 1.72. The lowest BCUT2D eigenvalue weighted by molar-refractivity contribution is -0.121. The molecule has 0 aliphatic carbocycles. The van der Waals surface area contributed by atoms with Crippen LogP contribution in [0.3, 0.4) is 0 Å². The molecular formula is C27H32N2O3S. The van der Waals surface area contributed by atoms with Gasteiger partial charge in [0.2, 0.25) is 15.9 Å². The van der Waals surface area contributed by atoms with E-state index in [2.05, 4.69) is 5.32 Å². The smallest absolute Gasteiger partial charge is 0.232 e. The predicted molar refractivity (Wildman–Crippen MR) is 135 cm³/mol. The van der Waals surface area contributed by atoms with E-state index in [0.29, 0.717) is 12.1 Å². The molecule has 174 valence electrons. The van der Waals surface area contributed by atoms with Crippen molar-refractivity contribution < 1.29 is 13.2 Å². The number of rotatable bonds is 9. The number of carbonyl (C=O) groups is 1. The second-order valence-electron chi connectivity index (χ2n) is 8.55. The molecule has 0 aliphatic heterocycles. The monoisotopic (exact) mass is 464 g/mol. The number of aryl methyl sites for hydroxylation is 3. The van der Waals surface area contributed by atoms with Crippen LogP contribution in [0.25, 0.3) is 0 Å². The van der Waals surface area contributed by atoms with Gasteiger partial charge in [-0.15, -0.1) is 0 Å². The highest BCUT2D eigenvalue weighted by Crippen LogP contribution is 2.25. The predicted octanol–water partition coefficient (Wildman–Crippen LogP) is 5.06. The molecule has 3 aromatic rings. The number of nitrogens with zero attached hydrogens (tertiary/aromatic N) is 1. The van der Waals surface area contributed by atoms with E-state index in [1.165, 1.54) is 10.6 Å². The third-order valence-electron chi connectivity index (χ3n) is 5.60. The van der Waals surface area contributed by atoms with Crippen LogP contribution in [0.15, 0.2) is 72.8 Å². The first-order chi connectivity index (χ1) is 15.6. The first-order valence-electron chi connectivity index (χ1n) is 11.1. The topological polar surface area (TPSA) is 66.5 Å². The Morgan fingerprint density at radius 1 is 0.909 bits per heavy atom. The summed E-state index contributed by atoms with van der Waals surface area (Å²) in [7, 11) is -3.46. The van der Waals surface area contributed by atoms with Gasteiger partial charge < -0.3 is 5.32 Å². The molecule has 6 heteroatoms. The Kier molecular flexibility index (Phi) is 7.92. The van der Waals surface area contributed by atoms with Gasteiger partial charge in [0.05, 0.1) is 18.0 Å². The van der Waals surface area contributed by atoms with Crippen LogP contribution >= 0.6 is 0 Å². The Morgan fingerprint density at radius 2 is 1.52 bits per heavy atom. The van der Waals surface area contributed by atoms with E-state index in [4.69, 9.17) is 0 Å². The minimum atomic E-state index is -3.46. The van der Waals surface area contributed by atoms with Crippen molar-refractivity contribution in [3.63, 3.8) is 0 Å². The molecule has 0 saturated carbocycles. The van der Waals surface area contributed by atoms with Crippen LogP contribution in [0.5, 0.6) is 0 Å². The van der Waals surface area contributed by atoms with Crippen molar-refractivity contribution in [2.45, 2.75) is 39.7 Å². The van der Waals surface area contributed by atoms with Gasteiger partial charge in [0.1, 0.15) is 0 Å². The number of nitrogens with one attached hydrogen (secondary N) is 1. The molecule has 1 unspecified atom stereocenters. The Bertz CT molecular complexity index is 1190. The van der Waals surface area contributed by atoms with Crippen LogP contribution < -0.4 is 9.62 Å². The molecule has 0 heterocycles. The van der Waals surface area contributed by atoms with Crippen LogP contribution in [0.4, 0.5) is 5.69 Å². The molecule has 33 heavy (non-hydrogen) atoms. The van der Waals surface area contributed by atoms with E-state index in [9.17, 15) is 13.2 Å². The van der Waals surface area contributed by atoms with E-state index in [-0.39, 0.29) is 24.9 Å². The van der Waals surface area contributed by atoms with Gasteiger partial charge in [-0.3, -0.25) is 9.10 Å². The fourth-order valence-corrected chi connectivity index (χ4v) is 5.04. The van der Waals surface area contributed by atoms with Gasteiger partial charge in [0.15, 0.2) is 0 Å². The highest BCUT2D eigenvalue weighted by Gasteiger charge is 2.21. The van der Waals surface area contributed by atoms with Crippen LogP contribution in [0.1, 0.15) is 46.7 Å². The average Bonchev–Trinajstić information content (AvgIpc) is 2.74. The SMILES string of the molecule is Cc1cc(C)cc(N(CCCC(=O)NC(c2ccccc2)c2ccccc2C)S(C)(=O)=O)c1. The standard InChI is InChI=1S/C27H32N2O3S/c1-20-17-21(2)19-24(18-20)29(33(4,31)32)16-10-15-26(30)28-27(23-12-6-5-7-13-23)25-14-9-8-11-22(25)3/h5-9,11-14,17-19,27H,10,15-16H2,1-4H3,(H,28,30). The summed E-state index contributed by atoms with van der Waals surface area (Å²) in [4.78, 5) is 12.9. The van der Waals surface area contributed by atoms with Gasteiger partial charge >= 0.3 is 0 Å². The molecular weight excluding hydrogens is 432 g/mol. The van der Waals surface area contributed by atoms with E-state index < -0.39 is 10.0 Å². The average molecular weight is 465 g/mol. The maximum absolute atomic E-state index is 12.9. The van der Waals surface area contributed by atoms with Gasteiger partial charge in [0.25, 0.3) is 0 Å². The quantitative estimate of drug-likeness (QED) is 0.481. The van der Waals surface area contributed by atoms with Gasteiger partial charge in [-0.25, -0.2) is 8.42 Å². The molecule has 0 aromatic heterocycles. The number of amides is 1. The summed E-state index contributed by atoms with van der Waals surface area (Å²) in [5.74, 6) is -0.110. The van der Waals surface area contributed by atoms with Gasteiger partial charge in [-0.1, -0.05) is 60.7 Å². The van der Waals surface area contributed by atoms with E-state index in [1.807, 2.05) is 93.6 Å². The van der Waals surface area contributed by atoms with Gasteiger partial charge in [-0.05, 0) is 67.1 Å². The fraction of sp³-hybridized carbons (Fsp3) is 0.296. The third-order valence-corrected chi connectivity index (χ3v) is 6.79. The maximum Gasteiger partial charge on any atom is 0.232 e. The molecule has 0 bridgehead atoms. The normalized spacial score (nSPS) is 12.2. The van der Waals surface area contributed by atoms with Crippen LogP contribution in [-0.2, 0) is 14.8 Å². The largest absolute Gasteiger partial charge is 0.345 e. The zero-order chi connectivity index (χ0) is 24.0. The molecule has 0 radical (unpaired) electrons. The fourth-order valence-electron chi connectivity index (χ4n) is 4.09. The molecule has 1 atom stereocenters. The Hall–Kier alpha value is -3.12. The molecule has 1 N–H and O–H groups in total. The summed E-state index contributed by atoms with van der Waals surface area (Å²) in [6.45, 7) is 6.17. The highest BCUT2D eigenvalue weighted by atomic mass is 32.2. The van der Waals surface area contributed by atoms with E-state index in [1.54, 1.807) is 0 Å². The zero-order valence-corrected chi connectivity index (χ0v) is 20.5. The summed E-state index contributed by atoms with van der Waals surface area (Å²) < 4.78 is 26.3. The van der Waals surface area contributed by atoms with E-state index in [0.717, 1.165) is 27.8 Å². The summed E-state index contributed by atoms with van der Waals surface area (Å²) in [5, 5.41) is 3.15. The first kappa shape index (κ1) is 24.5. The lowest BCUT2D eigenvalue weighted by Crippen LogP contribution is -2.33. The Labute approximate surface area is 197 Å². The summed E-state index contributed by atoms with van der Waals surface area (Å²) in [6.07, 6.45) is 1.85. The van der Waals surface area contributed by atoms with Crippen LogP contribution in [0.2, 0.25) is 0 Å². The Morgan fingerprint density at radius 3 is 2.12 bits per heavy atom. The summed E-state index contributed by atoms with van der Waals surface area (Å²) in [5.41, 5.74) is 5.79. The van der Waals surface area contributed by atoms with Crippen molar-refractivity contribution in [1.82, 2.24) is 5.32 Å². The van der Waals surface area contributed by atoms with Gasteiger partial charge in [0, 0.05) is 13.0 Å². The molecule has 0 saturated heterocycles. The first-order valence-corrected chi connectivity index (χ1v) is 13.0. The number of benzene rings is 3.